The van der Waals surface area contributed by atoms with Crippen molar-refractivity contribution in [2.24, 2.45) is 11.1 Å². The van der Waals surface area contributed by atoms with Crippen LogP contribution >= 0.6 is 11.3 Å². The molecule has 1 aromatic heterocycles. The van der Waals surface area contributed by atoms with E-state index in [4.69, 9.17) is 4.84 Å². The minimum atomic E-state index is -0.174. The van der Waals surface area contributed by atoms with Gasteiger partial charge in [0.1, 0.15) is 0 Å². The Hall–Kier alpha value is -2.34. The quantitative estimate of drug-likeness (QED) is 0.578. The summed E-state index contributed by atoms with van der Waals surface area (Å²) in [5.41, 5.74) is 2.04. The Morgan fingerprint density at radius 2 is 2.00 bits per heavy atom. The summed E-state index contributed by atoms with van der Waals surface area (Å²) >= 11 is 1.64. The fourth-order valence-corrected chi connectivity index (χ4v) is 3.25. The topological polar surface area (TPSA) is 53.9 Å². The number of hydrogen-bond acceptors (Lipinski definition) is 5. The minimum absolute atomic E-state index is 0.00124. The standard InChI is InChI=1S/C19H25N3O2S/c1-14(2)19(17-6-5-11-25-17)21-18(23)13-24-20-12-15-7-9-16(10-8-15)22(3)4/h5-12,14,19H,13H2,1-4H3,(H,21,23). The van der Waals surface area contributed by atoms with Crippen molar-refractivity contribution in [3.63, 3.8) is 0 Å². The number of carbonyl (C=O) groups excluding carboxylic acids is 1. The number of oxime groups is 1. The highest BCUT2D eigenvalue weighted by Crippen LogP contribution is 2.25. The van der Waals surface area contributed by atoms with Crippen molar-refractivity contribution in [1.29, 1.82) is 0 Å². The number of thiophene rings is 1. The van der Waals surface area contributed by atoms with Crippen LogP contribution in [0.2, 0.25) is 0 Å². The number of benzene rings is 1. The van der Waals surface area contributed by atoms with Crippen LogP contribution in [-0.4, -0.2) is 32.8 Å². The number of hydrogen-bond donors (Lipinski definition) is 1. The number of anilines is 1. The summed E-state index contributed by atoms with van der Waals surface area (Å²) in [4.78, 5) is 20.4. The maximum Gasteiger partial charge on any atom is 0.261 e. The van der Waals surface area contributed by atoms with Gasteiger partial charge in [-0.1, -0.05) is 37.2 Å². The molecule has 0 spiro atoms. The highest BCUT2D eigenvalue weighted by molar-refractivity contribution is 7.10. The van der Waals surface area contributed by atoms with Crippen molar-refractivity contribution in [2.75, 3.05) is 25.6 Å². The molecule has 0 radical (unpaired) electrons. The maximum atomic E-state index is 12.1. The summed E-state index contributed by atoms with van der Waals surface area (Å²) in [6.45, 7) is 4.07. The lowest BCUT2D eigenvalue weighted by Gasteiger charge is -2.20. The van der Waals surface area contributed by atoms with Crippen LogP contribution in [0.4, 0.5) is 5.69 Å². The second-order valence-corrected chi connectivity index (χ2v) is 7.28. The molecule has 0 aliphatic rings. The average Bonchev–Trinajstić information content (AvgIpc) is 3.11. The van der Waals surface area contributed by atoms with Crippen LogP contribution in [0, 0.1) is 5.92 Å². The van der Waals surface area contributed by atoms with Crippen molar-refractivity contribution in [1.82, 2.24) is 5.32 Å². The molecule has 0 saturated heterocycles. The van der Waals surface area contributed by atoms with Crippen molar-refractivity contribution >= 4 is 29.1 Å². The molecule has 1 amide bonds. The molecule has 1 aromatic carbocycles. The fourth-order valence-electron chi connectivity index (χ4n) is 2.30. The van der Waals surface area contributed by atoms with Crippen molar-refractivity contribution in [2.45, 2.75) is 19.9 Å². The highest BCUT2D eigenvalue weighted by atomic mass is 32.1. The molecular formula is C19H25N3O2S. The highest BCUT2D eigenvalue weighted by Gasteiger charge is 2.19. The molecule has 134 valence electrons. The fraction of sp³-hybridized carbons (Fsp3) is 0.368. The SMILES string of the molecule is CC(C)C(NC(=O)CON=Cc1ccc(N(C)C)cc1)c1cccs1. The van der Waals surface area contributed by atoms with E-state index in [1.54, 1.807) is 17.6 Å². The van der Waals surface area contributed by atoms with E-state index in [0.29, 0.717) is 5.92 Å². The van der Waals surface area contributed by atoms with Gasteiger partial charge in [-0.15, -0.1) is 11.3 Å². The molecule has 0 aliphatic carbocycles. The molecule has 5 nitrogen and oxygen atoms in total. The molecule has 0 fully saturated rings. The van der Waals surface area contributed by atoms with Crippen LogP contribution in [-0.2, 0) is 9.63 Å². The van der Waals surface area contributed by atoms with Gasteiger partial charge >= 0.3 is 0 Å². The van der Waals surface area contributed by atoms with E-state index in [9.17, 15) is 4.79 Å². The smallest absolute Gasteiger partial charge is 0.261 e. The van der Waals surface area contributed by atoms with Gasteiger partial charge in [0, 0.05) is 24.7 Å². The first-order valence-electron chi connectivity index (χ1n) is 8.23. The van der Waals surface area contributed by atoms with E-state index >= 15 is 0 Å². The van der Waals surface area contributed by atoms with E-state index in [0.717, 1.165) is 16.1 Å². The summed E-state index contributed by atoms with van der Waals surface area (Å²) in [6, 6.07) is 11.9. The predicted octanol–water partition coefficient (Wildman–Crippen LogP) is 3.68. The third kappa shape index (κ3) is 5.90. The van der Waals surface area contributed by atoms with E-state index in [1.807, 2.05) is 60.8 Å². The predicted molar refractivity (Wildman–Crippen MR) is 104 cm³/mol. The van der Waals surface area contributed by atoms with E-state index < -0.39 is 0 Å². The van der Waals surface area contributed by atoms with E-state index in [1.165, 1.54) is 0 Å². The van der Waals surface area contributed by atoms with Crippen LogP contribution in [0.1, 0.15) is 30.3 Å². The molecule has 1 N–H and O–H groups in total. The largest absolute Gasteiger partial charge is 0.386 e. The first kappa shape index (κ1) is 19.0. The van der Waals surface area contributed by atoms with Gasteiger partial charge in [-0.2, -0.15) is 0 Å². The van der Waals surface area contributed by atoms with Gasteiger partial charge in [0.2, 0.25) is 0 Å². The molecule has 1 heterocycles. The first-order valence-corrected chi connectivity index (χ1v) is 9.11. The number of nitrogens with zero attached hydrogens (tertiary/aromatic N) is 2. The van der Waals surface area contributed by atoms with Gasteiger partial charge in [-0.3, -0.25) is 4.79 Å². The van der Waals surface area contributed by atoms with Crippen LogP contribution in [0.15, 0.2) is 46.9 Å². The molecule has 25 heavy (non-hydrogen) atoms. The van der Waals surface area contributed by atoms with Crippen molar-refractivity contribution in [3.05, 3.63) is 52.2 Å². The molecular weight excluding hydrogens is 334 g/mol. The summed E-state index contributed by atoms with van der Waals surface area (Å²) in [6.07, 6.45) is 1.60. The molecule has 2 aromatic rings. The molecule has 6 heteroatoms. The van der Waals surface area contributed by atoms with Crippen LogP contribution in [0.25, 0.3) is 0 Å². The molecule has 0 bridgehead atoms. The molecule has 2 rings (SSSR count). The summed E-state index contributed by atoms with van der Waals surface area (Å²) in [5.74, 6) is 0.133. The van der Waals surface area contributed by atoms with Gasteiger partial charge < -0.3 is 15.1 Å². The third-order valence-corrected chi connectivity index (χ3v) is 4.67. The summed E-state index contributed by atoms with van der Waals surface area (Å²) in [7, 11) is 3.98. The molecule has 1 unspecified atom stereocenters. The monoisotopic (exact) mass is 359 g/mol. The number of rotatable bonds is 8. The second kappa shape index (κ2) is 9.22. The van der Waals surface area contributed by atoms with Gasteiger partial charge in [0.25, 0.3) is 5.91 Å². The van der Waals surface area contributed by atoms with Crippen molar-refractivity contribution < 1.29 is 9.63 Å². The van der Waals surface area contributed by atoms with Crippen molar-refractivity contribution in [3.8, 4) is 0 Å². The van der Waals surface area contributed by atoms with Gasteiger partial charge in [0.05, 0.1) is 12.3 Å². The van der Waals surface area contributed by atoms with Crippen LogP contribution < -0.4 is 10.2 Å². The van der Waals surface area contributed by atoms with E-state index in [-0.39, 0.29) is 18.6 Å². The van der Waals surface area contributed by atoms with Gasteiger partial charge in [-0.25, -0.2) is 0 Å². The lowest BCUT2D eigenvalue weighted by Crippen LogP contribution is -2.33. The Morgan fingerprint density at radius 3 is 2.56 bits per heavy atom. The number of amides is 1. The summed E-state index contributed by atoms with van der Waals surface area (Å²) in [5, 5.41) is 8.89. The molecule has 0 saturated carbocycles. The number of nitrogens with one attached hydrogen (secondary N) is 1. The third-order valence-electron chi connectivity index (χ3n) is 3.71. The Bertz CT molecular complexity index is 679. The summed E-state index contributed by atoms with van der Waals surface area (Å²) < 4.78 is 0. The van der Waals surface area contributed by atoms with Crippen LogP contribution in [0.3, 0.4) is 0 Å². The minimum Gasteiger partial charge on any atom is -0.386 e. The molecule has 1 atom stereocenters. The lowest BCUT2D eigenvalue weighted by molar-refractivity contribution is -0.126. The van der Waals surface area contributed by atoms with E-state index in [2.05, 4.69) is 24.3 Å². The Morgan fingerprint density at radius 1 is 1.28 bits per heavy atom. The Balaban J connectivity index is 1.81. The van der Waals surface area contributed by atoms with Gasteiger partial charge in [-0.05, 0) is 35.1 Å². The first-order chi connectivity index (χ1) is 12.0. The lowest BCUT2D eigenvalue weighted by atomic mass is 10.0. The number of carbonyl (C=O) groups is 1. The zero-order valence-corrected chi connectivity index (χ0v) is 15.9. The average molecular weight is 359 g/mol. The zero-order valence-electron chi connectivity index (χ0n) is 15.1. The zero-order chi connectivity index (χ0) is 18.2. The molecule has 0 aliphatic heterocycles. The normalized spacial score (nSPS) is 12.4. The maximum absolute atomic E-state index is 12.1. The Labute approximate surface area is 153 Å². The Kier molecular flexibility index (Phi) is 7.01. The van der Waals surface area contributed by atoms with Crippen LogP contribution in [0.5, 0.6) is 0 Å². The second-order valence-electron chi connectivity index (χ2n) is 6.30. The van der Waals surface area contributed by atoms with Gasteiger partial charge in [0.15, 0.2) is 6.61 Å².